The predicted molar refractivity (Wildman–Crippen MR) is 69.2 cm³/mol. The molecule has 1 atom stereocenters. The topological polar surface area (TPSA) is 32.7 Å². The number of aliphatic hydroxyl groups is 1. The monoisotopic (exact) mass is 235 g/mol. The molecular formula is C14H21NO2. The maximum atomic E-state index is 9.03. The maximum absolute atomic E-state index is 9.03. The fraction of sp³-hybridized carbons (Fsp3) is 0.571. The Hall–Kier alpha value is -1.06. The van der Waals surface area contributed by atoms with Crippen LogP contribution in [0.25, 0.3) is 0 Å². The highest BCUT2D eigenvalue weighted by Gasteiger charge is 2.31. The zero-order chi connectivity index (χ0) is 12.5. The molecular weight excluding hydrogens is 214 g/mol. The van der Waals surface area contributed by atoms with Gasteiger partial charge in [0, 0.05) is 18.8 Å². The molecule has 1 aliphatic heterocycles. The molecule has 17 heavy (non-hydrogen) atoms. The lowest BCUT2D eigenvalue weighted by Gasteiger charge is -2.43. The average Bonchev–Trinajstić information content (AvgIpc) is 2.26. The van der Waals surface area contributed by atoms with Crippen molar-refractivity contribution < 1.29 is 9.84 Å². The number of hydrogen-bond acceptors (Lipinski definition) is 3. The first-order chi connectivity index (χ1) is 8.00. The molecule has 94 valence electrons. The minimum absolute atomic E-state index is 0.102. The first kappa shape index (κ1) is 12.4. The third-order valence-corrected chi connectivity index (χ3v) is 3.05. The van der Waals surface area contributed by atoms with Crippen LogP contribution in [0.5, 0.6) is 0 Å². The molecule has 3 nitrogen and oxygen atoms in total. The van der Waals surface area contributed by atoms with Gasteiger partial charge >= 0.3 is 0 Å². The van der Waals surface area contributed by atoms with Crippen molar-refractivity contribution in [3.8, 4) is 0 Å². The molecule has 3 heteroatoms. The molecule has 2 rings (SSSR count). The number of hydrogen-bond donors (Lipinski definition) is 1. The highest BCUT2D eigenvalue weighted by molar-refractivity contribution is 5.48. The van der Waals surface area contributed by atoms with Gasteiger partial charge in [-0.15, -0.1) is 0 Å². The lowest BCUT2D eigenvalue weighted by molar-refractivity contribution is -0.0749. The van der Waals surface area contributed by atoms with Crippen LogP contribution in [0.1, 0.15) is 26.3 Å². The fourth-order valence-corrected chi connectivity index (χ4v) is 2.46. The summed E-state index contributed by atoms with van der Waals surface area (Å²) >= 11 is 0. The van der Waals surface area contributed by atoms with Gasteiger partial charge in [-0.25, -0.2) is 0 Å². The predicted octanol–water partition coefficient (Wildman–Crippen LogP) is 2.18. The molecule has 0 bridgehead atoms. The van der Waals surface area contributed by atoms with Crippen molar-refractivity contribution in [3.05, 3.63) is 29.8 Å². The zero-order valence-electron chi connectivity index (χ0n) is 10.8. The Kier molecular flexibility index (Phi) is 3.40. The van der Waals surface area contributed by atoms with Crippen molar-refractivity contribution in [2.75, 3.05) is 18.0 Å². The molecule has 0 radical (unpaired) electrons. The van der Waals surface area contributed by atoms with Crippen molar-refractivity contribution in [2.24, 2.45) is 0 Å². The molecule has 1 heterocycles. The number of rotatable bonds is 2. The Morgan fingerprint density at radius 2 is 2.00 bits per heavy atom. The van der Waals surface area contributed by atoms with E-state index in [4.69, 9.17) is 9.84 Å². The largest absolute Gasteiger partial charge is 0.392 e. The smallest absolute Gasteiger partial charge is 0.0805 e. The Bertz CT molecular complexity index is 372. The van der Waals surface area contributed by atoms with Crippen LogP contribution in [0.4, 0.5) is 5.69 Å². The van der Waals surface area contributed by atoms with E-state index >= 15 is 0 Å². The van der Waals surface area contributed by atoms with Gasteiger partial charge in [-0.2, -0.15) is 0 Å². The van der Waals surface area contributed by atoms with Crippen molar-refractivity contribution in [3.63, 3.8) is 0 Å². The first-order valence-corrected chi connectivity index (χ1v) is 6.13. The van der Waals surface area contributed by atoms with Crippen LogP contribution in [-0.4, -0.2) is 29.9 Å². The van der Waals surface area contributed by atoms with Crippen LogP contribution in [0.2, 0.25) is 0 Å². The molecule has 1 unspecified atom stereocenters. The third kappa shape index (κ3) is 2.99. The van der Waals surface area contributed by atoms with E-state index < -0.39 is 0 Å². The summed E-state index contributed by atoms with van der Waals surface area (Å²) in [5.74, 6) is 0. The quantitative estimate of drug-likeness (QED) is 0.853. The molecule has 0 saturated carbocycles. The van der Waals surface area contributed by atoms with Gasteiger partial charge in [0.1, 0.15) is 0 Å². The Morgan fingerprint density at radius 3 is 2.53 bits per heavy atom. The van der Waals surface area contributed by atoms with E-state index in [0.29, 0.717) is 0 Å². The minimum Gasteiger partial charge on any atom is -0.392 e. The zero-order valence-corrected chi connectivity index (χ0v) is 10.8. The number of morpholine rings is 1. The molecule has 0 amide bonds. The second-order valence-electron chi connectivity index (χ2n) is 5.39. The van der Waals surface area contributed by atoms with Gasteiger partial charge in [-0.1, -0.05) is 12.1 Å². The second-order valence-corrected chi connectivity index (χ2v) is 5.39. The summed E-state index contributed by atoms with van der Waals surface area (Å²) in [5, 5.41) is 9.03. The van der Waals surface area contributed by atoms with Gasteiger partial charge in [0.25, 0.3) is 0 Å². The van der Waals surface area contributed by atoms with E-state index in [1.165, 1.54) is 5.69 Å². The second kappa shape index (κ2) is 4.67. The number of benzene rings is 1. The van der Waals surface area contributed by atoms with Crippen molar-refractivity contribution in [1.82, 2.24) is 0 Å². The highest BCUT2D eigenvalue weighted by atomic mass is 16.5. The van der Waals surface area contributed by atoms with Gasteiger partial charge < -0.3 is 14.7 Å². The van der Waals surface area contributed by atoms with Gasteiger partial charge in [0.2, 0.25) is 0 Å². The molecule has 1 aliphatic rings. The average molecular weight is 235 g/mol. The summed E-state index contributed by atoms with van der Waals surface area (Å²) in [7, 11) is 0. The SMILES string of the molecule is CC1CN(c2ccc(CO)cc2)CC(C)(C)O1. The van der Waals surface area contributed by atoms with E-state index in [-0.39, 0.29) is 18.3 Å². The molecule has 0 spiro atoms. The lowest BCUT2D eigenvalue weighted by atomic mass is 10.0. The van der Waals surface area contributed by atoms with Gasteiger partial charge in [0.05, 0.1) is 18.3 Å². The van der Waals surface area contributed by atoms with Crippen LogP contribution >= 0.6 is 0 Å². The fourth-order valence-electron chi connectivity index (χ4n) is 2.46. The minimum atomic E-state index is -0.104. The van der Waals surface area contributed by atoms with E-state index in [1.54, 1.807) is 0 Å². The summed E-state index contributed by atoms with van der Waals surface area (Å²) in [4.78, 5) is 2.34. The van der Waals surface area contributed by atoms with Crippen LogP contribution in [0.15, 0.2) is 24.3 Å². The van der Waals surface area contributed by atoms with Crippen LogP contribution < -0.4 is 4.90 Å². The summed E-state index contributed by atoms with van der Waals surface area (Å²) in [6.07, 6.45) is 0.247. The molecule has 1 aromatic carbocycles. The van der Waals surface area contributed by atoms with Crippen LogP contribution in [0.3, 0.4) is 0 Å². The number of nitrogens with zero attached hydrogens (tertiary/aromatic N) is 1. The standard InChI is InChI=1S/C14H21NO2/c1-11-8-15(10-14(2,3)17-11)13-6-4-12(9-16)5-7-13/h4-7,11,16H,8-10H2,1-3H3. The van der Waals surface area contributed by atoms with E-state index in [2.05, 4.69) is 37.8 Å². The van der Waals surface area contributed by atoms with E-state index in [9.17, 15) is 0 Å². The maximum Gasteiger partial charge on any atom is 0.0805 e. The van der Waals surface area contributed by atoms with Gasteiger partial charge in [0.15, 0.2) is 0 Å². The summed E-state index contributed by atoms with van der Waals surface area (Å²) < 4.78 is 5.89. The number of ether oxygens (including phenoxy) is 1. The number of anilines is 1. The van der Waals surface area contributed by atoms with E-state index in [1.807, 2.05) is 12.1 Å². The Morgan fingerprint density at radius 1 is 1.35 bits per heavy atom. The highest BCUT2D eigenvalue weighted by Crippen LogP contribution is 2.26. The van der Waals surface area contributed by atoms with Crippen molar-refractivity contribution >= 4 is 5.69 Å². The van der Waals surface area contributed by atoms with E-state index in [0.717, 1.165) is 18.7 Å². The van der Waals surface area contributed by atoms with Crippen LogP contribution in [-0.2, 0) is 11.3 Å². The molecule has 1 saturated heterocycles. The van der Waals surface area contributed by atoms with Crippen LogP contribution in [0, 0.1) is 0 Å². The number of aliphatic hydroxyl groups excluding tert-OH is 1. The summed E-state index contributed by atoms with van der Waals surface area (Å²) in [6.45, 7) is 8.27. The molecule has 1 fully saturated rings. The molecule has 1 aromatic rings. The van der Waals surface area contributed by atoms with Crippen molar-refractivity contribution in [2.45, 2.75) is 39.1 Å². The summed E-state index contributed by atoms with van der Waals surface area (Å²) in [5.41, 5.74) is 2.05. The van der Waals surface area contributed by atoms with Gasteiger partial charge in [-0.3, -0.25) is 0 Å². The lowest BCUT2D eigenvalue weighted by Crippen LogP contribution is -2.52. The molecule has 1 N–H and O–H groups in total. The Labute approximate surface area is 103 Å². The third-order valence-electron chi connectivity index (χ3n) is 3.05. The molecule has 0 aromatic heterocycles. The molecule has 0 aliphatic carbocycles. The Balaban J connectivity index is 2.15. The summed E-state index contributed by atoms with van der Waals surface area (Å²) in [6, 6.07) is 8.09. The van der Waals surface area contributed by atoms with Crippen molar-refractivity contribution in [1.29, 1.82) is 0 Å². The normalized spacial score (nSPS) is 23.8. The van der Waals surface area contributed by atoms with Gasteiger partial charge in [-0.05, 0) is 38.5 Å². The first-order valence-electron chi connectivity index (χ1n) is 6.13.